The van der Waals surface area contributed by atoms with Gasteiger partial charge in [-0.25, -0.2) is 22.7 Å². The fourth-order valence-corrected chi connectivity index (χ4v) is 7.04. The van der Waals surface area contributed by atoms with Gasteiger partial charge in [0.2, 0.25) is 10.0 Å². The van der Waals surface area contributed by atoms with Crippen LogP contribution in [0.4, 0.5) is 4.79 Å². The second-order valence-corrected chi connectivity index (χ2v) is 15.5. The lowest BCUT2D eigenvalue weighted by atomic mass is 9.96. The minimum absolute atomic E-state index is 0.0113. The minimum atomic E-state index is -4.07. The molecule has 3 aromatic rings. The number of para-hydroxylation sites is 1. The zero-order chi connectivity index (χ0) is 39.0. The third-order valence-electron chi connectivity index (χ3n) is 9.21. The lowest BCUT2D eigenvalue weighted by Crippen LogP contribution is -2.52. The van der Waals surface area contributed by atoms with Crippen LogP contribution in [-0.2, 0) is 31.8 Å². The Kier molecular flexibility index (Phi) is 13.9. The summed E-state index contributed by atoms with van der Waals surface area (Å²) in [4.78, 5) is 28.3. The van der Waals surface area contributed by atoms with Gasteiger partial charge >= 0.3 is 12.0 Å². The molecule has 0 saturated heterocycles. The first-order chi connectivity index (χ1) is 25.7. The molecule has 0 radical (unpaired) electrons. The molecular formula is C36H45ClN4O12S. The number of carboxylic acid groups (broad SMARTS) is 1. The molecule has 1 aromatic heterocycles. The van der Waals surface area contributed by atoms with Gasteiger partial charge in [0.05, 0.1) is 35.9 Å². The first kappa shape index (κ1) is 41.3. The maximum Gasteiger partial charge on any atom is 0.326 e. The van der Waals surface area contributed by atoms with E-state index in [0.29, 0.717) is 10.6 Å². The van der Waals surface area contributed by atoms with Crippen LogP contribution in [-0.4, -0.2) is 112 Å². The van der Waals surface area contributed by atoms with Crippen LogP contribution < -0.4 is 20.1 Å². The molecule has 9 N–H and O–H groups in total. The number of amides is 2. The lowest BCUT2D eigenvalue weighted by molar-refractivity contribution is -0.139. The molecule has 2 aliphatic rings. The number of ether oxygens (including phenoxy) is 2. The number of carboxylic acids is 1. The number of rotatable bonds is 21. The van der Waals surface area contributed by atoms with E-state index in [-0.39, 0.29) is 37.0 Å². The summed E-state index contributed by atoms with van der Waals surface area (Å²) < 4.78 is 41.5. The maximum absolute atomic E-state index is 13.2. The molecule has 2 saturated carbocycles. The number of aliphatic hydroxyl groups is 5. The van der Waals surface area contributed by atoms with Crippen LogP contribution in [0.2, 0.25) is 5.02 Å². The number of halogens is 1. The molecule has 0 spiro atoms. The average Bonchev–Trinajstić information content (AvgIpc) is 4.11. The monoisotopic (exact) mass is 792 g/mol. The molecule has 18 heteroatoms. The van der Waals surface area contributed by atoms with Crippen molar-refractivity contribution in [3.8, 4) is 16.9 Å². The first-order valence-electron chi connectivity index (χ1n) is 17.5. The van der Waals surface area contributed by atoms with Gasteiger partial charge in [-0.15, -0.1) is 0 Å². The van der Waals surface area contributed by atoms with Crippen LogP contribution in [0.15, 0.2) is 65.8 Å². The quantitative estimate of drug-likeness (QED) is 0.0693. The Hall–Kier alpha value is -3.91. The van der Waals surface area contributed by atoms with E-state index in [1.54, 1.807) is 12.4 Å². The van der Waals surface area contributed by atoms with Crippen molar-refractivity contribution in [2.75, 3.05) is 19.7 Å². The number of carbonyl (C=O) groups is 2. The highest BCUT2D eigenvalue weighted by Crippen LogP contribution is 2.53. The van der Waals surface area contributed by atoms with Gasteiger partial charge in [-0.1, -0.05) is 29.8 Å². The van der Waals surface area contributed by atoms with E-state index in [2.05, 4.69) is 20.3 Å². The molecule has 2 amide bonds. The zero-order valence-corrected chi connectivity index (χ0v) is 30.7. The Morgan fingerprint density at radius 2 is 1.72 bits per heavy atom. The van der Waals surface area contributed by atoms with Crippen LogP contribution in [0.3, 0.4) is 0 Å². The average molecular weight is 793 g/mol. The summed E-state index contributed by atoms with van der Waals surface area (Å²) in [6.45, 7) is -1.66. The molecule has 5 unspecified atom stereocenters. The summed E-state index contributed by atoms with van der Waals surface area (Å²) in [5, 5.41) is 61.9. The molecule has 5 atom stereocenters. The van der Waals surface area contributed by atoms with Gasteiger partial charge in [-0.05, 0) is 80.0 Å². The largest absolute Gasteiger partial charge is 0.490 e. The predicted molar refractivity (Wildman–Crippen MR) is 194 cm³/mol. The van der Waals surface area contributed by atoms with E-state index in [9.17, 15) is 43.5 Å². The van der Waals surface area contributed by atoms with Crippen molar-refractivity contribution in [1.82, 2.24) is 20.3 Å². The van der Waals surface area contributed by atoms with Crippen LogP contribution in [0, 0.1) is 0 Å². The summed E-state index contributed by atoms with van der Waals surface area (Å²) >= 11 is 6.49. The summed E-state index contributed by atoms with van der Waals surface area (Å²) in [6, 6.07) is 11.5. The summed E-state index contributed by atoms with van der Waals surface area (Å²) in [7, 11) is -4.07. The number of carbonyl (C=O) groups excluding carboxylic acids is 1. The fourth-order valence-electron chi connectivity index (χ4n) is 5.74. The van der Waals surface area contributed by atoms with E-state index < -0.39 is 71.2 Å². The number of aliphatic hydroxyl groups excluding tert-OH is 5. The molecule has 0 bridgehead atoms. The molecule has 0 aliphatic heterocycles. The van der Waals surface area contributed by atoms with E-state index in [0.717, 1.165) is 48.1 Å². The SMILES string of the molecule is O=C(NCC(O)C(O)C(O)C(O)CO)NC(CCCNS(=O)(=O)c1ccc(Cl)c(COC2(c3cnccc3-c3ccccc3OC3CC3)CC2)c1)C(=O)O. The van der Waals surface area contributed by atoms with Crippen LogP contribution in [0.1, 0.15) is 49.7 Å². The molecule has 5 rings (SSSR count). The number of urea groups is 1. The smallest absolute Gasteiger partial charge is 0.326 e. The van der Waals surface area contributed by atoms with Gasteiger partial charge in [0.1, 0.15) is 30.1 Å². The normalized spacial score (nSPS) is 17.8. The topological polar surface area (TPSA) is 257 Å². The van der Waals surface area contributed by atoms with E-state index in [4.69, 9.17) is 26.2 Å². The van der Waals surface area contributed by atoms with Crippen molar-refractivity contribution in [2.45, 2.75) is 92.2 Å². The van der Waals surface area contributed by atoms with Crippen LogP contribution in [0.25, 0.3) is 11.1 Å². The Bertz CT molecular complexity index is 1880. The Labute approximate surface area is 317 Å². The second-order valence-electron chi connectivity index (χ2n) is 13.4. The predicted octanol–water partition coefficient (Wildman–Crippen LogP) is 1.40. The first-order valence-corrected chi connectivity index (χ1v) is 19.3. The van der Waals surface area contributed by atoms with Crippen LogP contribution in [0.5, 0.6) is 5.75 Å². The number of pyridine rings is 1. The molecule has 2 aromatic carbocycles. The molecule has 54 heavy (non-hydrogen) atoms. The summed E-state index contributed by atoms with van der Waals surface area (Å²) in [5.41, 5.74) is 2.58. The third-order valence-corrected chi connectivity index (χ3v) is 11.0. The van der Waals surface area contributed by atoms with Crippen molar-refractivity contribution >= 4 is 33.6 Å². The van der Waals surface area contributed by atoms with Crippen molar-refractivity contribution in [3.05, 3.63) is 77.1 Å². The summed E-state index contributed by atoms with van der Waals surface area (Å²) in [5.74, 6) is -0.610. The Morgan fingerprint density at radius 3 is 2.41 bits per heavy atom. The van der Waals surface area contributed by atoms with E-state index in [1.165, 1.54) is 18.2 Å². The molecule has 1 heterocycles. The lowest BCUT2D eigenvalue weighted by Gasteiger charge is -2.26. The van der Waals surface area contributed by atoms with Crippen molar-refractivity contribution < 1.29 is 58.1 Å². The Morgan fingerprint density at radius 1 is 1.00 bits per heavy atom. The van der Waals surface area contributed by atoms with Crippen molar-refractivity contribution in [3.63, 3.8) is 0 Å². The molecule has 2 fully saturated rings. The minimum Gasteiger partial charge on any atom is -0.490 e. The third kappa shape index (κ3) is 10.6. The van der Waals surface area contributed by atoms with E-state index in [1.807, 2.05) is 30.3 Å². The zero-order valence-electron chi connectivity index (χ0n) is 29.2. The van der Waals surface area contributed by atoms with Crippen molar-refractivity contribution in [2.24, 2.45) is 0 Å². The van der Waals surface area contributed by atoms with Gasteiger partial charge in [0, 0.05) is 41.6 Å². The van der Waals surface area contributed by atoms with Gasteiger partial charge in [0.15, 0.2) is 0 Å². The molecular weight excluding hydrogens is 748 g/mol. The number of nitrogens with zero attached hydrogens (tertiary/aromatic N) is 1. The van der Waals surface area contributed by atoms with Gasteiger partial charge in [-0.3, -0.25) is 4.98 Å². The van der Waals surface area contributed by atoms with Crippen LogP contribution >= 0.6 is 11.6 Å². The highest BCUT2D eigenvalue weighted by atomic mass is 35.5. The van der Waals surface area contributed by atoms with Gasteiger partial charge < -0.3 is 50.7 Å². The van der Waals surface area contributed by atoms with E-state index >= 15 is 0 Å². The van der Waals surface area contributed by atoms with Crippen molar-refractivity contribution in [1.29, 1.82) is 0 Å². The standard InChI is InChI=1S/C36H45ClN4O12S/c37-27-10-9-23(54(50,51)40-14-3-5-28(34(47)48)41-35(49)39-18-29(43)32(45)33(46)30(44)19-42)16-21(27)20-52-36(12-13-36)26-17-38-15-11-24(26)25-4-1-2-6-31(25)53-22-7-8-22/h1-2,4,6,9-11,15-17,22,28-30,32-33,40,42-46H,3,5,7-8,12-14,18-20H2,(H,47,48)(H2,39,41,49). The molecule has 16 nitrogen and oxygen atoms in total. The molecule has 2 aliphatic carbocycles. The highest BCUT2D eigenvalue weighted by Gasteiger charge is 2.48. The highest BCUT2D eigenvalue weighted by molar-refractivity contribution is 7.89. The maximum atomic E-state index is 13.2. The number of aliphatic carboxylic acids is 1. The van der Waals surface area contributed by atoms with Gasteiger partial charge in [-0.2, -0.15) is 0 Å². The number of hydrogen-bond donors (Lipinski definition) is 9. The van der Waals surface area contributed by atoms with Gasteiger partial charge in [0.25, 0.3) is 0 Å². The Balaban J connectivity index is 1.14. The summed E-state index contributed by atoms with van der Waals surface area (Å²) in [6.07, 6.45) is -0.240. The fraction of sp³-hybridized carbons (Fsp3) is 0.472. The number of hydrogen-bond acceptors (Lipinski definition) is 12. The number of benzene rings is 2. The molecule has 294 valence electrons. The second kappa shape index (κ2) is 18.1. The number of aromatic nitrogens is 1. The number of sulfonamides is 1. The number of nitrogens with one attached hydrogen (secondary N) is 3.